The van der Waals surface area contributed by atoms with Crippen molar-refractivity contribution >= 4 is 5.69 Å². The summed E-state index contributed by atoms with van der Waals surface area (Å²) in [5, 5.41) is 10.5. The molecule has 3 heteroatoms. The van der Waals surface area contributed by atoms with Gasteiger partial charge in [0.2, 0.25) is 0 Å². The molecule has 2 rings (SSSR count). The van der Waals surface area contributed by atoms with Gasteiger partial charge in [0.1, 0.15) is 0 Å². The van der Waals surface area contributed by atoms with Gasteiger partial charge < -0.3 is 10.8 Å². The van der Waals surface area contributed by atoms with E-state index in [1.54, 1.807) is 0 Å². The monoisotopic (exact) mass is 290 g/mol. The quantitative estimate of drug-likeness (QED) is 0.754. The Morgan fingerprint density at radius 3 is 2.38 bits per heavy atom. The molecule has 1 aliphatic rings. The maximum atomic E-state index is 10.5. The fraction of sp³-hybridized carbons (Fsp3) is 0.667. The van der Waals surface area contributed by atoms with Gasteiger partial charge in [-0.05, 0) is 49.4 Å². The Kier molecular flexibility index (Phi) is 6.07. The van der Waals surface area contributed by atoms with E-state index < -0.39 is 6.10 Å². The predicted octanol–water partition coefficient (Wildman–Crippen LogP) is 3.59. The van der Waals surface area contributed by atoms with Crippen LogP contribution in [0.1, 0.15) is 57.6 Å². The number of nitrogen functional groups attached to an aromatic ring is 1. The SMILES string of the molecule is CC(C)CCN(CC(O)c1ccc(N)cc1)C1CCCC1. The van der Waals surface area contributed by atoms with E-state index in [0.29, 0.717) is 12.0 Å². The molecule has 0 spiro atoms. The van der Waals surface area contributed by atoms with Crippen molar-refractivity contribution in [3.05, 3.63) is 29.8 Å². The van der Waals surface area contributed by atoms with Crippen molar-refractivity contribution in [1.29, 1.82) is 0 Å². The van der Waals surface area contributed by atoms with Gasteiger partial charge in [0.05, 0.1) is 6.10 Å². The molecule has 1 unspecified atom stereocenters. The van der Waals surface area contributed by atoms with E-state index in [4.69, 9.17) is 5.73 Å². The average Bonchev–Trinajstić information content (AvgIpc) is 2.97. The van der Waals surface area contributed by atoms with E-state index in [0.717, 1.165) is 24.3 Å². The van der Waals surface area contributed by atoms with Gasteiger partial charge in [-0.25, -0.2) is 0 Å². The van der Waals surface area contributed by atoms with Gasteiger partial charge in [0.15, 0.2) is 0 Å². The Hall–Kier alpha value is -1.06. The van der Waals surface area contributed by atoms with Crippen molar-refractivity contribution in [2.75, 3.05) is 18.8 Å². The van der Waals surface area contributed by atoms with Gasteiger partial charge in [-0.3, -0.25) is 4.90 Å². The number of nitrogens with two attached hydrogens (primary N) is 1. The number of hydrogen-bond donors (Lipinski definition) is 2. The molecular weight excluding hydrogens is 260 g/mol. The zero-order chi connectivity index (χ0) is 15.2. The molecule has 1 aromatic carbocycles. The molecule has 0 heterocycles. The predicted molar refractivity (Wildman–Crippen MR) is 89.1 cm³/mol. The molecule has 0 aliphatic heterocycles. The fourth-order valence-corrected chi connectivity index (χ4v) is 3.16. The summed E-state index contributed by atoms with van der Waals surface area (Å²) in [6.45, 7) is 6.36. The third kappa shape index (κ3) is 5.01. The van der Waals surface area contributed by atoms with Crippen LogP contribution in [0.15, 0.2) is 24.3 Å². The number of aliphatic hydroxyl groups excluding tert-OH is 1. The Labute approximate surface area is 129 Å². The Morgan fingerprint density at radius 2 is 1.81 bits per heavy atom. The maximum Gasteiger partial charge on any atom is 0.0917 e. The minimum absolute atomic E-state index is 0.418. The minimum atomic E-state index is -0.418. The van der Waals surface area contributed by atoms with Gasteiger partial charge in [-0.1, -0.05) is 38.8 Å². The standard InChI is InChI=1S/C18H30N2O/c1-14(2)11-12-20(17-5-3-4-6-17)13-18(21)15-7-9-16(19)10-8-15/h7-10,14,17-18,21H,3-6,11-13,19H2,1-2H3. The van der Waals surface area contributed by atoms with Crippen LogP contribution in [0.2, 0.25) is 0 Å². The Balaban J connectivity index is 1.97. The van der Waals surface area contributed by atoms with Crippen molar-refractivity contribution in [2.45, 2.75) is 58.1 Å². The third-order valence-corrected chi connectivity index (χ3v) is 4.56. The van der Waals surface area contributed by atoms with E-state index in [-0.39, 0.29) is 0 Å². The molecule has 0 bridgehead atoms. The van der Waals surface area contributed by atoms with Crippen molar-refractivity contribution < 1.29 is 5.11 Å². The second kappa shape index (κ2) is 7.81. The zero-order valence-electron chi connectivity index (χ0n) is 13.5. The van der Waals surface area contributed by atoms with Gasteiger partial charge in [-0.15, -0.1) is 0 Å². The van der Waals surface area contributed by atoms with Crippen molar-refractivity contribution in [1.82, 2.24) is 4.90 Å². The molecule has 1 atom stereocenters. The van der Waals surface area contributed by atoms with Crippen LogP contribution in [0.3, 0.4) is 0 Å². The molecule has 3 N–H and O–H groups in total. The maximum absolute atomic E-state index is 10.5. The molecule has 1 fully saturated rings. The molecule has 1 aliphatic carbocycles. The number of benzene rings is 1. The lowest BCUT2D eigenvalue weighted by atomic mass is 10.1. The molecule has 1 aromatic rings. The average molecular weight is 290 g/mol. The van der Waals surface area contributed by atoms with Crippen molar-refractivity contribution in [3.63, 3.8) is 0 Å². The first-order valence-corrected chi connectivity index (χ1v) is 8.34. The van der Waals surface area contributed by atoms with Crippen molar-refractivity contribution in [2.24, 2.45) is 5.92 Å². The van der Waals surface area contributed by atoms with Crippen LogP contribution in [0, 0.1) is 5.92 Å². The summed E-state index contributed by atoms with van der Waals surface area (Å²) in [5.74, 6) is 0.711. The second-order valence-electron chi connectivity index (χ2n) is 6.80. The summed E-state index contributed by atoms with van der Waals surface area (Å²) >= 11 is 0. The summed E-state index contributed by atoms with van der Waals surface area (Å²) in [6.07, 6.45) is 6.02. The Bertz CT molecular complexity index is 410. The smallest absolute Gasteiger partial charge is 0.0917 e. The minimum Gasteiger partial charge on any atom is -0.399 e. The molecule has 1 saturated carbocycles. The van der Waals surface area contributed by atoms with Crippen LogP contribution in [0.4, 0.5) is 5.69 Å². The van der Waals surface area contributed by atoms with Gasteiger partial charge in [-0.2, -0.15) is 0 Å². The largest absolute Gasteiger partial charge is 0.399 e. The lowest BCUT2D eigenvalue weighted by Gasteiger charge is -2.31. The van der Waals surface area contributed by atoms with Crippen LogP contribution in [0.5, 0.6) is 0 Å². The molecule has 3 nitrogen and oxygen atoms in total. The summed E-state index contributed by atoms with van der Waals surface area (Å²) < 4.78 is 0. The number of rotatable bonds is 7. The van der Waals surface area contributed by atoms with Crippen molar-refractivity contribution in [3.8, 4) is 0 Å². The van der Waals surface area contributed by atoms with Crippen LogP contribution in [0.25, 0.3) is 0 Å². The number of hydrogen-bond acceptors (Lipinski definition) is 3. The van der Waals surface area contributed by atoms with Crippen LogP contribution in [-0.4, -0.2) is 29.1 Å². The van der Waals surface area contributed by atoms with Crippen LogP contribution >= 0.6 is 0 Å². The first-order valence-electron chi connectivity index (χ1n) is 8.34. The third-order valence-electron chi connectivity index (χ3n) is 4.56. The molecule has 0 saturated heterocycles. The topological polar surface area (TPSA) is 49.5 Å². The van der Waals surface area contributed by atoms with E-state index in [9.17, 15) is 5.11 Å². The Morgan fingerprint density at radius 1 is 1.19 bits per heavy atom. The number of anilines is 1. The number of nitrogens with zero attached hydrogens (tertiary/aromatic N) is 1. The van der Waals surface area contributed by atoms with Gasteiger partial charge in [0, 0.05) is 18.3 Å². The van der Waals surface area contributed by atoms with E-state index in [2.05, 4.69) is 18.7 Å². The molecule has 0 radical (unpaired) electrons. The summed E-state index contributed by atoms with van der Waals surface area (Å²) in [7, 11) is 0. The first kappa shape index (κ1) is 16.3. The molecule has 0 aromatic heterocycles. The van der Waals surface area contributed by atoms with Crippen LogP contribution < -0.4 is 5.73 Å². The van der Waals surface area contributed by atoms with Gasteiger partial charge in [0.25, 0.3) is 0 Å². The highest BCUT2D eigenvalue weighted by molar-refractivity contribution is 5.39. The van der Waals surface area contributed by atoms with E-state index >= 15 is 0 Å². The summed E-state index contributed by atoms with van der Waals surface area (Å²) in [5.41, 5.74) is 7.43. The molecule has 21 heavy (non-hydrogen) atoms. The lowest BCUT2D eigenvalue weighted by molar-refractivity contribution is 0.0843. The fourth-order valence-electron chi connectivity index (χ4n) is 3.16. The lowest BCUT2D eigenvalue weighted by Crippen LogP contribution is -2.38. The van der Waals surface area contributed by atoms with Crippen LogP contribution in [-0.2, 0) is 0 Å². The molecule has 0 amide bonds. The highest BCUT2D eigenvalue weighted by Gasteiger charge is 2.24. The molecule has 118 valence electrons. The highest BCUT2D eigenvalue weighted by Crippen LogP contribution is 2.26. The second-order valence-corrected chi connectivity index (χ2v) is 6.80. The van der Waals surface area contributed by atoms with Gasteiger partial charge >= 0.3 is 0 Å². The summed E-state index contributed by atoms with van der Waals surface area (Å²) in [4.78, 5) is 2.51. The normalized spacial score (nSPS) is 17.8. The summed E-state index contributed by atoms with van der Waals surface area (Å²) in [6, 6.07) is 8.27. The molecular formula is C18H30N2O. The zero-order valence-corrected chi connectivity index (χ0v) is 13.5. The van der Waals surface area contributed by atoms with E-state index in [1.165, 1.54) is 32.1 Å². The number of aliphatic hydroxyl groups is 1. The highest BCUT2D eigenvalue weighted by atomic mass is 16.3. The van der Waals surface area contributed by atoms with E-state index in [1.807, 2.05) is 24.3 Å². The first-order chi connectivity index (χ1) is 10.1.